The van der Waals surface area contributed by atoms with Gasteiger partial charge in [0.1, 0.15) is 17.6 Å². The topological polar surface area (TPSA) is 99.3 Å². The van der Waals surface area contributed by atoms with Gasteiger partial charge in [-0.2, -0.15) is 8.42 Å². The van der Waals surface area contributed by atoms with Gasteiger partial charge in [0.05, 0.1) is 24.5 Å². The summed E-state index contributed by atoms with van der Waals surface area (Å²) in [7, 11) is 0. The van der Waals surface area contributed by atoms with Crippen molar-refractivity contribution in [2.75, 3.05) is 47.5 Å². The van der Waals surface area contributed by atoms with Gasteiger partial charge in [0.25, 0.3) is 0 Å². The van der Waals surface area contributed by atoms with Crippen LogP contribution in [0.25, 0.3) is 0 Å². The lowest BCUT2D eigenvalue weighted by Crippen LogP contribution is -2.38. The Morgan fingerprint density at radius 2 is 1.74 bits per heavy atom. The predicted molar refractivity (Wildman–Crippen MR) is 127 cm³/mol. The lowest BCUT2D eigenvalue weighted by atomic mass is 10.1. The Kier molecular flexibility index (Phi) is 9.26. The van der Waals surface area contributed by atoms with Gasteiger partial charge in [0, 0.05) is 38.2 Å². The third kappa shape index (κ3) is 6.83. The van der Waals surface area contributed by atoms with Crippen LogP contribution in [0.4, 0.5) is 30.6 Å². The van der Waals surface area contributed by atoms with E-state index in [0.29, 0.717) is 32.6 Å². The number of para-hydroxylation sites is 1. The van der Waals surface area contributed by atoms with Crippen molar-refractivity contribution < 1.29 is 31.5 Å². The zero-order chi connectivity index (χ0) is 25.4. The summed E-state index contributed by atoms with van der Waals surface area (Å²) in [5.74, 6) is -1.46. The van der Waals surface area contributed by atoms with Gasteiger partial charge >= 0.3 is 17.7 Å². The molecule has 0 spiro atoms. The zero-order valence-corrected chi connectivity index (χ0v) is 19.9. The van der Waals surface area contributed by atoms with Gasteiger partial charge < -0.3 is 19.4 Å². The lowest BCUT2D eigenvalue weighted by Gasteiger charge is -2.25. The third-order valence-electron chi connectivity index (χ3n) is 5.67. The number of nitrogens with zero attached hydrogens (tertiary/aromatic N) is 3. The molecule has 2 aliphatic heterocycles. The molecule has 0 unspecified atom stereocenters. The number of carbonyl (C=O) groups excluding carboxylic acids is 2. The fraction of sp³-hybridized carbons (Fsp3) is 0.391. The average Bonchev–Trinajstić information content (AvgIpc) is 3.03. The van der Waals surface area contributed by atoms with Gasteiger partial charge in [-0.15, -0.1) is 0 Å². The number of anilines is 3. The maximum Gasteiger partial charge on any atom is 0.414 e. The molecule has 35 heavy (non-hydrogen) atoms. The van der Waals surface area contributed by atoms with Crippen molar-refractivity contribution in [3.63, 3.8) is 0 Å². The molecule has 2 fully saturated rings. The summed E-state index contributed by atoms with van der Waals surface area (Å²) in [6.45, 7) is 3.54. The number of nitrogens with one attached hydrogen (secondary N) is 1. The van der Waals surface area contributed by atoms with Crippen LogP contribution in [0, 0.1) is 11.6 Å². The molecular weight excluding hydrogens is 482 g/mol. The number of cyclic esters (lactones) is 1. The van der Waals surface area contributed by atoms with Crippen molar-refractivity contribution >= 4 is 40.5 Å². The minimum Gasteiger partial charge on any atom is -0.444 e. The maximum absolute atomic E-state index is 15.0. The molecule has 1 amide bonds. The Balaban J connectivity index is 0.00000108. The van der Waals surface area contributed by atoms with Crippen LogP contribution in [0.5, 0.6) is 0 Å². The molecule has 2 aliphatic rings. The monoisotopic (exact) mass is 508 g/mol. The molecule has 0 aromatic heterocycles. The molecule has 2 heterocycles. The van der Waals surface area contributed by atoms with Crippen molar-refractivity contribution in [1.82, 2.24) is 5.43 Å². The van der Waals surface area contributed by atoms with Gasteiger partial charge in [-0.25, -0.2) is 19.0 Å². The van der Waals surface area contributed by atoms with Crippen molar-refractivity contribution in [3.05, 3.63) is 54.1 Å². The number of hydrogen-bond donors (Lipinski definition) is 1. The van der Waals surface area contributed by atoms with Gasteiger partial charge in [0.2, 0.25) is 0 Å². The summed E-state index contributed by atoms with van der Waals surface area (Å²) in [6, 6.07) is 12.1. The standard InChI is InChI=1S/C23H26F2N4O3.O2S/c1-16(30)7-8-19-15-28(23(31)32-19)18-13-20(24)22(21(25)14-18)27-10-9-26-29(12-11-27)17-5-3-2-4-6-17;1-3-2/h2-6,13-14,19,26H,7-12,15H2,1H3;/t19-;/m0./s1. The van der Waals surface area contributed by atoms with Crippen molar-refractivity contribution in [2.45, 2.75) is 25.9 Å². The van der Waals surface area contributed by atoms with Crippen molar-refractivity contribution in [3.8, 4) is 0 Å². The highest BCUT2D eigenvalue weighted by Crippen LogP contribution is 2.32. The molecule has 2 aromatic carbocycles. The SMILES string of the molecule is CC(=O)CC[C@H]1CN(c2cc(F)c(N3CCNN(c4ccccc4)CC3)c(F)c2)C(=O)O1.O=S=O. The largest absolute Gasteiger partial charge is 0.444 e. The number of hydrazine groups is 1. The van der Waals surface area contributed by atoms with E-state index in [-0.39, 0.29) is 30.1 Å². The van der Waals surface area contributed by atoms with E-state index in [2.05, 4.69) is 5.43 Å². The number of amides is 1. The van der Waals surface area contributed by atoms with Crippen LogP contribution in [0.1, 0.15) is 19.8 Å². The number of ketones is 1. The average molecular weight is 509 g/mol. The molecule has 12 heteroatoms. The molecule has 1 N–H and O–H groups in total. The van der Waals surface area contributed by atoms with Crippen LogP contribution < -0.4 is 20.2 Å². The lowest BCUT2D eigenvalue weighted by molar-refractivity contribution is -0.117. The van der Waals surface area contributed by atoms with Crippen LogP contribution in [-0.2, 0) is 21.1 Å². The van der Waals surface area contributed by atoms with Crippen LogP contribution in [0.15, 0.2) is 42.5 Å². The summed E-state index contributed by atoms with van der Waals surface area (Å²) in [5, 5.41) is 1.96. The van der Waals surface area contributed by atoms with Gasteiger partial charge in [-0.3, -0.25) is 4.90 Å². The van der Waals surface area contributed by atoms with Crippen LogP contribution in [0.3, 0.4) is 0 Å². The van der Waals surface area contributed by atoms with E-state index in [9.17, 15) is 9.59 Å². The highest BCUT2D eigenvalue weighted by molar-refractivity contribution is 7.51. The molecule has 0 radical (unpaired) electrons. The Morgan fingerprint density at radius 3 is 2.37 bits per heavy atom. The number of hydrogen-bond acceptors (Lipinski definition) is 8. The fourth-order valence-electron chi connectivity index (χ4n) is 4.04. The first kappa shape index (κ1) is 26.2. The van der Waals surface area contributed by atoms with E-state index >= 15 is 8.78 Å². The van der Waals surface area contributed by atoms with E-state index in [4.69, 9.17) is 13.2 Å². The van der Waals surface area contributed by atoms with Crippen LogP contribution >= 0.6 is 0 Å². The number of Topliss-reactive ketones (excluding diaryl/α,β-unsaturated/α-hetero) is 1. The van der Waals surface area contributed by atoms with E-state index in [0.717, 1.165) is 5.69 Å². The molecule has 2 aromatic rings. The molecule has 0 bridgehead atoms. The highest BCUT2D eigenvalue weighted by Gasteiger charge is 2.33. The second kappa shape index (κ2) is 12.4. The Hall–Kier alpha value is -3.38. The van der Waals surface area contributed by atoms with Gasteiger partial charge in [0.15, 0.2) is 11.6 Å². The normalized spacial score (nSPS) is 17.9. The molecule has 0 aliphatic carbocycles. The van der Waals surface area contributed by atoms with Crippen molar-refractivity contribution in [1.29, 1.82) is 0 Å². The van der Waals surface area contributed by atoms with E-state index in [1.54, 1.807) is 4.90 Å². The number of rotatable bonds is 6. The Labute approximate surface area is 205 Å². The first-order chi connectivity index (χ1) is 16.8. The first-order valence-electron chi connectivity index (χ1n) is 11.0. The predicted octanol–water partition coefficient (Wildman–Crippen LogP) is 2.82. The second-order valence-corrected chi connectivity index (χ2v) is 8.20. The molecule has 188 valence electrons. The summed E-state index contributed by atoms with van der Waals surface area (Å²) in [4.78, 5) is 26.3. The molecular formula is C23H26F2N4O5S. The summed E-state index contributed by atoms with van der Waals surface area (Å²) < 4.78 is 51.9. The summed E-state index contributed by atoms with van der Waals surface area (Å²) in [5.41, 5.74) is 4.26. The van der Waals surface area contributed by atoms with E-state index in [1.807, 2.05) is 35.3 Å². The number of ether oxygens (including phenoxy) is 1. The minimum atomic E-state index is -0.750. The van der Waals surface area contributed by atoms with E-state index < -0.39 is 35.4 Å². The quantitative estimate of drug-likeness (QED) is 0.636. The number of carbonyl (C=O) groups is 2. The molecule has 9 nitrogen and oxygen atoms in total. The Morgan fingerprint density at radius 1 is 1.09 bits per heavy atom. The van der Waals surface area contributed by atoms with Crippen molar-refractivity contribution in [2.24, 2.45) is 0 Å². The van der Waals surface area contributed by atoms with Gasteiger partial charge in [-0.1, -0.05) is 18.2 Å². The third-order valence-corrected chi connectivity index (χ3v) is 5.67. The van der Waals surface area contributed by atoms with Crippen LogP contribution in [-0.4, -0.2) is 59.1 Å². The number of halogens is 2. The summed E-state index contributed by atoms with van der Waals surface area (Å²) in [6.07, 6.45) is -0.462. The first-order valence-corrected chi connectivity index (χ1v) is 11.7. The second-order valence-electron chi connectivity index (χ2n) is 8.07. The van der Waals surface area contributed by atoms with Gasteiger partial charge in [-0.05, 0) is 25.5 Å². The molecule has 0 saturated carbocycles. The Bertz CT molecular complexity index is 1060. The number of benzene rings is 2. The maximum atomic E-state index is 15.0. The minimum absolute atomic E-state index is 0.00119. The smallest absolute Gasteiger partial charge is 0.414 e. The highest BCUT2D eigenvalue weighted by atomic mass is 32.1. The molecule has 4 rings (SSSR count). The molecule has 2 saturated heterocycles. The van der Waals surface area contributed by atoms with E-state index in [1.165, 1.54) is 24.0 Å². The van der Waals surface area contributed by atoms with Crippen LogP contribution in [0.2, 0.25) is 0 Å². The molecule has 1 atom stereocenters. The zero-order valence-electron chi connectivity index (χ0n) is 19.1. The fourth-order valence-corrected chi connectivity index (χ4v) is 4.04. The summed E-state index contributed by atoms with van der Waals surface area (Å²) >= 11 is -0.750.